The lowest BCUT2D eigenvalue weighted by atomic mass is 10.2. The molecule has 0 atom stereocenters. The zero-order valence-corrected chi connectivity index (χ0v) is 8.54. The van der Waals surface area contributed by atoms with Gasteiger partial charge in [0.1, 0.15) is 5.69 Å². The van der Waals surface area contributed by atoms with Gasteiger partial charge in [0.25, 0.3) is 0 Å². The van der Waals surface area contributed by atoms with Crippen LogP contribution in [-0.2, 0) is 4.74 Å². The Labute approximate surface area is 91.9 Å². The fourth-order valence-corrected chi connectivity index (χ4v) is 0.902. The van der Waals surface area contributed by atoms with E-state index in [0.717, 1.165) is 0 Å². The zero-order valence-electron chi connectivity index (χ0n) is 8.54. The Bertz CT molecular complexity index is 478. The smallest absolute Gasteiger partial charge is 0.356 e. The van der Waals surface area contributed by atoms with Gasteiger partial charge in [-0.1, -0.05) is 17.0 Å². The maximum absolute atomic E-state index is 11.0. The van der Waals surface area contributed by atoms with E-state index in [4.69, 9.17) is 5.53 Å². The molecule has 0 aliphatic rings. The second-order valence-corrected chi connectivity index (χ2v) is 2.61. The molecule has 0 radical (unpaired) electrons. The van der Waals surface area contributed by atoms with Gasteiger partial charge in [-0.3, -0.25) is 0 Å². The second kappa shape index (κ2) is 6.06. The lowest BCUT2D eigenvalue weighted by Crippen LogP contribution is -2.03. The topological polar surface area (TPSA) is 88.0 Å². The van der Waals surface area contributed by atoms with Gasteiger partial charge in [-0.2, -0.15) is 0 Å². The minimum atomic E-state index is -0.492. The average molecular weight is 216 g/mol. The molecule has 0 fully saturated rings. The number of ether oxygens (including phenoxy) is 1. The number of carbonyl (C=O) groups is 1. The van der Waals surface area contributed by atoms with Crippen molar-refractivity contribution in [3.63, 3.8) is 0 Å². The summed E-state index contributed by atoms with van der Waals surface area (Å²) >= 11 is 0. The fourth-order valence-electron chi connectivity index (χ4n) is 0.902. The van der Waals surface area contributed by atoms with Crippen molar-refractivity contribution >= 4 is 5.97 Å². The van der Waals surface area contributed by atoms with E-state index in [-0.39, 0.29) is 12.2 Å². The number of hydrogen-bond acceptors (Lipinski definition) is 4. The fraction of sp³-hybridized carbons (Fsp3) is 0.200. The van der Waals surface area contributed by atoms with Crippen molar-refractivity contribution in [2.24, 2.45) is 5.11 Å². The highest BCUT2D eigenvalue weighted by molar-refractivity contribution is 5.87. The van der Waals surface area contributed by atoms with Crippen molar-refractivity contribution in [2.75, 3.05) is 13.7 Å². The highest BCUT2D eigenvalue weighted by atomic mass is 16.5. The third kappa shape index (κ3) is 3.33. The van der Waals surface area contributed by atoms with E-state index in [2.05, 4.69) is 31.6 Å². The predicted molar refractivity (Wildman–Crippen MR) is 56.5 cm³/mol. The number of rotatable bonds is 2. The molecule has 6 heteroatoms. The van der Waals surface area contributed by atoms with E-state index in [1.165, 1.54) is 19.4 Å². The van der Waals surface area contributed by atoms with Crippen molar-refractivity contribution in [3.05, 3.63) is 40.0 Å². The van der Waals surface area contributed by atoms with Gasteiger partial charge in [0.2, 0.25) is 0 Å². The van der Waals surface area contributed by atoms with Gasteiger partial charge in [-0.25, -0.2) is 9.78 Å². The molecule has 1 aromatic rings. The summed E-state index contributed by atoms with van der Waals surface area (Å²) in [5.74, 6) is 4.88. The summed E-state index contributed by atoms with van der Waals surface area (Å²) in [7, 11) is 1.29. The molecule has 0 spiro atoms. The van der Waals surface area contributed by atoms with Crippen molar-refractivity contribution in [3.8, 4) is 11.8 Å². The monoisotopic (exact) mass is 216 g/mol. The Morgan fingerprint density at radius 3 is 3.06 bits per heavy atom. The van der Waals surface area contributed by atoms with E-state index in [1.807, 2.05) is 0 Å². The van der Waals surface area contributed by atoms with Crippen LogP contribution in [0.2, 0.25) is 0 Å². The normalized spacial score (nSPS) is 8.31. The molecule has 1 heterocycles. The largest absolute Gasteiger partial charge is 0.464 e. The Kier molecular flexibility index (Phi) is 4.38. The molecule has 0 N–H and O–H groups in total. The van der Waals surface area contributed by atoms with Gasteiger partial charge >= 0.3 is 5.97 Å². The molecule has 16 heavy (non-hydrogen) atoms. The molecule has 0 unspecified atom stereocenters. The maximum atomic E-state index is 11.0. The number of nitrogens with zero attached hydrogens (tertiary/aromatic N) is 4. The van der Waals surface area contributed by atoms with Crippen molar-refractivity contribution in [1.82, 2.24) is 4.98 Å². The number of methoxy groups -OCH3 is 1. The summed E-state index contributed by atoms with van der Waals surface area (Å²) < 4.78 is 4.50. The van der Waals surface area contributed by atoms with E-state index in [1.54, 1.807) is 6.07 Å². The summed E-state index contributed by atoms with van der Waals surface area (Å²) in [6.45, 7) is 0.106. The van der Waals surface area contributed by atoms with Crippen LogP contribution in [0.5, 0.6) is 0 Å². The Hall–Kier alpha value is -2.51. The van der Waals surface area contributed by atoms with Gasteiger partial charge in [0, 0.05) is 16.7 Å². The number of carbonyl (C=O) groups excluding carboxylic acids is 1. The lowest BCUT2D eigenvalue weighted by Gasteiger charge is -1.96. The Balaban J connectivity index is 2.74. The maximum Gasteiger partial charge on any atom is 0.356 e. The van der Waals surface area contributed by atoms with Crippen LogP contribution >= 0.6 is 0 Å². The highest BCUT2D eigenvalue weighted by Crippen LogP contribution is 2.00. The van der Waals surface area contributed by atoms with Crippen molar-refractivity contribution in [2.45, 2.75) is 0 Å². The van der Waals surface area contributed by atoms with Crippen LogP contribution in [0.3, 0.4) is 0 Å². The SMILES string of the molecule is COC(=O)c1ccc(C#CCN=[N+]=[N-])cn1. The zero-order chi connectivity index (χ0) is 11.8. The Morgan fingerprint density at radius 1 is 1.69 bits per heavy atom. The molecule has 80 valence electrons. The highest BCUT2D eigenvalue weighted by Gasteiger charge is 2.04. The summed E-state index contributed by atoms with van der Waals surface area (Å²) in [6.07, 6.45) is 1.45. The lowest BCUT2D eigenvalue weighted by molar-refractivity contribution is 0.0594. The molecular formula is C10H8N4O2. The number of azide groups is 1. The quantitative estimate of drug-likeness (QED) is 0.247. The minimum Gasteiger partial charge on any atom is -0.464 e. The summed E-state index contributed by atoms with van der Waals surface area (Å²) in [5.41, 5.74) is 8.88. The first-order chi connectivity index (χ1) is 7.77. The van der Waals surface area contributed by atoms with Gasteiger partial charge < -0.3 is 4.74 Å². The van der Waals surface area contributed by atoms with Gasteiger partial charge in [-0.15, -0.1) is 0 Å². The van der Waals surface area contributed by atoms with Crippen LogP contribution in [0.4, 0.5) is 0 Å². The molecule has 1 rings (SSSR count). The van der Waals surface area contributed by atoms with E-state index in [9.17, 15) is 4.79 Å². The first-order valence-corrected chi connectivity index (χ1v) is 4.32. The summed E-state index contributed by atoms with van der Waals surface area (Å²) in [6, 6.07) is 3.16. The molecule has 0 bridgehead atoms. The second-order valence-electron chi connectivity index (χ2n) is 2.61. The van der Waals surface area contributed by atoms with Gasteiger partial charge in [0.05, 0.1) is 13.7 Å². The van der Waals surface area contributed by atoms with Crippen LogP contribution in [0, 0.1) is 11.8 Å². The minimum absolute atomic E-state index is 0.106. The van der Waals surface area contributed by atoms with Crippen molar-refractivity contribution in [1.29, 1.82) is 0 Å². The first kappa shape index (κ1) is 11.6. The summed E-state index contributed by atoms with van der Waals surface area (Å²) in [5, 5.41) is 3.26. The molecule has 0 aliphatic heterocycles. The molecule has 0 saturated carbocycles. The third-order valence-electron chi connectivity index (χ3n) is 1.60. The van der Waals surface area contributed by atoms with Crippen LogP contribution in [0.1, 0.15) is 16.1 Å². The Morgan fingerprint density at radius 2 is 2.50 bits per heavy atom. The van der Waals surface area contributed by atoms with Crippen LogP contribution in [0.15, 0.2) is 23.4 Å². The van der Waals surface area contributed by atoms with Crippen LogP contribution < -0.4 is 0 Å². The molecular weight excluding hydrogens is 208 g/mol. The number of hydrogen-bond donors (Lipinski definition) is 0. The van der Waals surface area contributed by atoms with E-state index < -0.39 is 5.97 Å². The van der Waals surface area contributed by atoms with E-state index in [0.29, 0.717) is 5.56 Å². The van der Waals surface area contributed by atoms with Crippen LogP contribution in [0.25, 0.3) is 10.4 Å². The predicted octanol–water partition coefficient (Wildman–Crippen LogP) is 1.53. The van der Waals surface area contributed by atoms with Gasteiger partial charge in [0.15, 0.2) is 0 Å². The van der Waals surface area contributed by atoms with Crippen LogP contribution in [-0.4, -0.2) is 24.6 Å². The molecule has 0 amide bonds. The average Bonchev–Trinajstić information content (AvgIpc) is 2.34. The third-order valence-corrected chi connectivity index (χ3v) is 1.60. The molecule has 0 aromatic carbocycles. The molecule has 1 aromatic heterocycles. The first-order valence-electron chi connectivity index (χ1n) is 4.32. The number of pyridine rings is 1. The molecule has 6 nitrogen and oxygen atoms in total. The number of esters is 1. The molecule has 0 aliphatic carbocycles. The summed E-state index contributed by atoms with van der Waals surface area (Å²) in [4.78, 5) is 17.5. The molecule has 0 saturated heterocycles. The van der Waals surface area contributed by atoms with E-state index >= 15 is 0 Å². The standard InChI is InChI=1S/C10H8N4O2/c1-16-10(15)9-5-4-8(7-12-9)3-2-6-13-14-11/h4-5,7H,6H2,1H3. The van der Waals surface area contributed by atoms with Crippen molar-refractivity contribution < 1.29 is 9.53 Å². The number of aromatic nitrogens is 1. The van der Waals surface area contributed by atoms with Gasteiger partial charge in [-0.05, 0) is 17.7 Å².